The summed E-state index contributed by atoms with van der Waals surface area (Å²) in [6.07, 6.45) is 1.74. The van der Waals surface area contributed by atoms with Crippen molar-refractivity contribution in [3.8, 4) is 11.5 Å². The molecule has 1 rings (SSSR count). The molecule has 0 bridgehead atoms. The maximum atomic E-state index is 11.1. The monoisotopic (exact) mass is 283 g/mol. The Morgan fingerprint density at radius 1 is 1.32 bits per heavy atom. The van der Waals surface area contributed by atoms with E-state index in [0.29, 0.717) is 18.4 Å². The van der Waals surface area contributed by atoms with Crippen LogP contribution in [0.5, 0.6) is 11.5 Å². The summed E-state index contributed by atoms with van der Waals surface area (Å²) >= 11 is 1.16. The van der Waals surface area contributed by atoms with Crippen LogP contribution in [0.25, 0.3) is 0 Å². The lowest BCUT2D eigenvalue weighted by Crippen LogP contribution is -2.27. The van der Waals surface area contributed by atoms with Crippen molar-refractivity contribution in [2.24, 2.45) is 0 Å². The van der Waals surface area contributed by atoms with Crippen LogP contribution in [-0.2, 0) is 4.79 Å². The Morgan fingerprint density at radius 3 is 2.63 bits per heavy atom. The van der Waals surface area contributed by atoms with Gasteiger partial charge in [0.2, 0.25) is 5.12 Å². The molecule has 1 aromatic rings. The number of carbonyl (C=O) groups is 1. The standard InChI is InChI=1S/C14H21NO3S/c1-11(2)15-7-8-17-12-5-4-6-13(9-12)18-10-14(16)19-3/h4-6,9,11,15H,7-8,10H2,1-3H3. The molecule has 0 spiro atoms. The predicted octanol–water partition coefficient (Wildman–Crippen LogP) is 2.33. The lowest BCUT2D eigenvalue weighted by atomic mass is 10.3. The molecule has 5 heteroatoms. The summed E-state index contributed by atoms with van der Waals surface area (Å²) in [5, 5.41) is 3.28. The maximum Gasteiger partial charge on any atom is 0.226 e. The van der Waals surface area contributed by atoms with Crippen molar-refractivity contribution in [3.05, 3.63) is 24.3 Å². The molecule has 106 valence electrons. The molecule has 0 aliphatic carbocycles. The minimum absolute atomic E-state index is 0.00690. The lowest BCUT2D eigenvalue weighted by Gasteiger charge is -2.11. The van der Waals surface area contributed by atoms with Gasteiger partial charge in [0, 0.05) is 18.7 Å². The van der Waals surface area contributed by atoms with Crippen LogP contribution < -0.4 is 14.8 Å². The van der Waals surface area contributed by atoms with Crippen molar-refractivity contribution in [3.63, 3.8) is 0 Å². The molecular weight excluding hydrogens is 262 g/mol. The average molecular weight is 283 g/mol. The van der Waals surface area contributed by atoms with Gasteiger partial charge >= 0.3 is 0 Å². The van der Waals surface area contributed by atoms with E-state index < -0.39 is 0 Å². The third-order valence-electron chi connectivity index (χ3n) is 2.31. The Bertz CT molecular complexity index is 396. The Morgan fingerprint density at radius 2 is 2.00 bits per heavy atom. The van der Waals surface area contributed by atoms with Crippen molar-refractivity contribution in [2.45, 2.75) is 19.9 Å². The topological polar surface area (TPSA) is 47.6 Å². The van der Waals surface area contributed by atoms with E-state index in [-0.39, 0.29) is 11.7 Å². The van der Waals surface area contributed by atoms with E-state index in [9.17, 15) is 4.79 Å². The highest BCUT2D eigenvalue weighted by atomic mass is 32.2. The van der Waals surface area contributed by atoms with Crippen LogP contribution in [0, 0.1) is 0 Å². The predicted molar refractivity (Wildman–Crippen MR) is 79.1 cm³/mol. The highest BCUT2D eigenvalue weighted by Crippen LogP contribution is 2.19. The zero-order valence-electron chi connectivity index (χ0n) is 11.6. The van der Waals surface area contributed by atoms with Crippen LogP contribution in [0.1, 0.15) is 13.8 Å². The van der Waals surface area contributed by atoms with Crippen molar-refractivity contribution in [2.75, 3.05) is 26.0 Å². The molecule has 0 fully saturated rings. The van der Waals surface area contributed by atoms with Gasteiger partial charge in [0.25, 0.3) is 0 Å². The highest BCUT2D eigenvalue weighted by Gasteiger charge is 2.02. The second kappa shape index (κ2) is 8.82. The second-order valence-corrected chi connectivity index (χ2v) is 5.16. The number of benzene rings is 1. The van der Waals surface area contributed by atoms with Gasteiger partial charge in [-0.2, -0.15) is 0 Å². The van der Waals surface area contributed by atoms with Gasteiger partial charge < -0.3 is 14.8 Å². The molecule has 0 aliphatic rings. The Kier molecular flexibility index (Phi) is 7.36. The van der Waals surface area contributed by atoms with Gasteiger partial charge in [0.15, 0.2) is 6.61 Å². The Labute approximate surface area is 118 Å². The van der Waals surface area contributed by atoms with Crippen molar-refractivity contribution in [1.82, 2.24) is 5.32 Å². The number of nitrogens with one attached hydrogen (secondary N) is 1. The van der Waals surface area contributed by atoms with E-state index in [1.54, 1.807) is 12.3 Å². The molecule has 0 atom stereocenters. The average Bonchev–Trinajstić information content (AvgIpc) is 2.41. The SMILES string of the molecule is CSC(=O)COc1cccc(OCCNC(C)C)c1. The van der Waals surface area contributed by atoms with Gasteiger partial charge in [-0.3, -0.25) is 4.79 Å². The van der Waals surface area contributed by atoms with E-state index in [1.807, 2.05) is 18.2 Å². The molecule has 4 nitrogen and oxygen atoms in total. The third-order valence-corrected chi connectivity index (χ3v) is 2.89. The number of carbonyl (C=O) groups excluding carboxylic acids is 1. The largest absolute Gasteiger partial charge is 0.492 e. The van der Waals surface area contributed by atoms with Crippen LogP contribution >= 0.6 is 11.8 Å². The molecule has 0 aromatic heterocycles. The minimum atomic E-state index is 0.00690. The summed E-state index contributed by atoms with van der Waals surface area (Å²) in [4.78, 5) is 11.1. The zero-order chi connectivity index (χ0) is 14.1. The fourth-order valence-corrected chi connectivity index (χ4v) is 1.55. The lowest BCUT2D eigenvalue weighted by molar-refractivity contribution is -0.112. The summed E-state index contributed by atoms with van der Waals surface area (Å²) in [5.41, 5.74) is 0. The Balaban J connectivity index is 2.37. The van der Waals surface area contributed by atoms with Gasteiger partial charge in [-0.25, -0.2) is 0 Å². The van der Waals surface area contributed by atoms with Crippen molar-refractivity contribution < 1.29 is 14.3 Å². The minimum Gasteiger partial charge on any atom is -0.492 e. The Hall–Kier alpha value is -1.20. The summed E-state index contributed by atoms with van der Waals surface area (Å²) in [6, 6.07) is 7.79. The van der Waals surface area contributed by atoms with E-state index in [4.69, 9.17) is 9.47 Å². The molecule has 0 heterocycles. The number of hydrogen-bond acceptors (Lipinski definition) is 5. The summed E-state index contributed by atoms with van der Waals surface area (Å²) < 4.78 is 11.0. The molecular formula is C14H21NO3S. The molecule has 0 aliphatic heterocycles. The summed E-state index contributed by atoms with van der Waals surface area (Å²) in [6.45, 7) is 5.67. The maximum absolute atomic E-state index is 11.1. The molecule has 0 saturated heterocycles. The molecule has 0 amide bonds. The summed E-state index contributed by atoms with van der Waals surface area (Å²) in [5.74, 6) is 1.40. The molecule has 1 N–H and O–H groups in total. The van der Waals surface area contributed by atoms with Crippen LogP contribution in [0.15, 0.2) is 24.3 Å². The first-order valence-corrected chi connectivity index (χ1v) is 7.50. The second-order valence-electron chi connectivity index (χ2n) is 4.30. The number of rotatable bonds is 8. The molecule has 1 aromatic carbocycles. The van der Waals surface area contributed by atoms with Gasteiger partial charge in [-0.15, -0.1) is 0 Å². The van der Waals surface area contributed by atoms with Crippen molar-refractivity contribution >= 4 is 16.9 Å². The van der Waals surface area contributed by atoms with Crippen LogP contribution in [-0.4, -0.2) is 37.2 Å². The molecule has 19 heavy (non-hydrogen) atoms. The van der Waals surface area contributed by atoms with E-state index in [0.717, 1.165) is 24.1 Å². The van der Waals surface area contributed by atoms with Gasteiger partial charge in [0.1, 0.15) is 18.1 Å². The molecule has 0 saturated carbocycles. The van der Waals surface area contributed by atoms with Crippen LogP contribution in [0.4, 0.5) is 0 Å². The zero-order valence-corrected chi connectivity index (χ0v) is 12.5. The summed E-state index contributed by atoms with van der Waals surface area (Å²) in [7, 11) is 0. The van der Waals surface area contributed by atoms with Crippen molar-refractivity contribution in [1.29, 1.82) is 0 Å². The first-order chi connectivity index (χ1) is 9.11. The fraction of sp³-hybridized carbons (Fsp3) is 0.500. The smallest absolute Gasteiger partial charge is 0.226 e. The quantitative estimate of drug-likeness (QED) is 0.742. The first kappa shape index (κ1) is 15.9. The number of hydrogen-bond donors (Lipinski definition) is 1. The normalized spacial score (nSPS) is 10.5. The van der Waals surface area contributed by atoms with E-state index >= 15 is 0 Å². The number of thioether (sulfide) groups is 1. The van der Waals surface area contributed by atoms with E-state index in [1.165, 1.54) is 0 Å². The van der Waals surface area contributed by atoms with Gasteiger partial charge in [-0.05, 0) is 18.4 Å². The third kappa shape index (κ3) is 7.08. The molecule has 0 radical (unpaired) electrons. The van der Waals surface area contributed by atoms with Crippen LogP contribution in [0.2, 0.25) is 0 Å². The van der Waals surface area contributed by atoms with Crippen LogP contribution in [0.3, 0.4) is 0 Å². The number of ether oxygens (including phenoxy) is 2. The van der Waals surface area contributed by atoms with Gasteiger partial charge in [0.05, 0.1) is 0 Å². The molecule has 0 unspecified atom stereocenters. The first-order valence-electron chi connectivity index (χ1n) is 6.27. The van der Waals surface area contributed by atoms with E-state index in [2.05, 4.69) is 19.2 Å². The highest BCUT2D eigenvalue weighted by molar-refractivity contribution is 8.13. The van der Waals surface area contributed by atoms with Gasteiger partial charge in [-0.1, -0.05) is 31.7 Å². The fourth-order valence-electron chi connectivity index (χ4n) is 1.37.